The van der Waals surface area contributed by atoms with Crippen LogP contribution in [0.15, 0.2) is 18.2 Å². The Balaban J connectivity index is 2.50. The molecule has 2 rings (SSSR count). The van der Waals surface area contributed by atoms with Gasteiger partial charge in [0.1, 0.15) is 5.82 Å². The van der Waals surface area contributed by atoms with Gasteiger partial charge in [0.25, 0.3) is 0 Å². The predicted molar refractivity (Wildman–Crippen MR) is 65.2 cm³/mol. The zero-order chi connectivity index (χ0) is 11.7. The molecule has 1 heterocycles. The molecule has 0 aliphatic rings. The number of aryl methyl sites for hydroxylation is 1. The van der Waals surface area contributed by atoms with Crippen molar-refractivity contribution in [3.63, 3.8) is 0 Å². The SMILES string of the molecule is CC(C)Cc1nc2ccc(CO)cc2n1C. The van der Waals surface area contributed by atoms with Crippen molar-refractivity contribution in [1.29, 1.82) is 0 Å². The monoisotopic (exact) mass is 218 g/mol. The summed E-state index contributed by atoms with van der Waals surface area (Å²) < 4.78 is 2.12. The van der Waals surface area contributed by atoms with E-state index in [1.165, 1.54) is 0 Å². The van der Waals surface area contributed by atoms with Crippen molar-refractivity contribution in [2.75, 3.05) is 0 Å². The quantitative estimate of drug-likeness (QED) is 0.858. The Morgan fingerprint density at radius 2 is 2.12 bits per heavy atom. The number of fused-ring (bicyclic) bond motifs is 1. The van der Waals surface area contributed by atoms with E-state index in [1.807, 2.05) is 25.2 Å². The third kappa shape index (κ3) is 1.95. The van der Waals surface area contributed by atoms with Crippen LogP contribution in [0.25, 0.3) is 11.0 Å². The molecule has 1 aromatic heterocycles. The highest BCUT2D eigenvalue weighted by atomic mass is 16.3. The molecule has 0 amide bonds. The first-order valence-electron chi connectivity index (χ1n) is 5.67. The number of hydrogen-bond donors (Lipinski definition) is 1. The highest BCUT2D eigenvalue weighted by Gasteiger charge is 2.09. The maximum Gasteiger partial charge on any atom is 0.109 e. The summed E-state index contributed by atoms with van der Waals surface area (Å²) in [6.07, 6.45) is 0.986. The average Bonchev–Trinajstić information content (AvgIpc) is 2.55. The van der Waals surface area contributed by atoms with Crippen LogP contribution in [0, 0.1) is 5.92 Å². The van der Waals surface area contributed by atoms with Gasteiger partial charge in [-0.05, 0) is 23.6 Å². The first kappa shape index (κ1) is 11.1. The minimum atomic E-state index is 0.0840. The number of aromatic nitrogens is 2. The number of aliphatic hydroxyl groups is 1. The standard InChI is InChI=1S/C13H18N2O/c1-9(2)6-13-14-11-5-4-10(8-16)7-12(11)15(13)3/h4-5,7,9,16H,6,8H2,1-3H3. The molecule has 1 N–H and O–H groups in total. The van der Waals surface area contributed by atoms with Crippen LogP contribution >= 0.6 is 0 Å². The number of benzene rings is 1. The molecular weight excluding hydrogens is 200 g/mol. The molecule has 0 saturated carbocycles. The van der Waals surface area contributed by atoms with Gasteiger partial charge in [0.05, 0.1) is 17.6 Å². The van der Waals surface area contributed by atoms with Crippen LogP contribution in [-0.2, 0) is 20.1 Å². The Hall–Kier alpha value is -1.35. The number of rotatable bonds is 3. The Morgan fingerprint density at radius 3 is 2.75 bits per heavy atom. The zero-order valence-electron chi connectivity index (χ0n) is 10.1. The van der Waals surface area contributed by atoms with Gasteiger partial charge in [0.2, 0.25) is 0 Å². The van der Waals surface area contributed by atoms with Crippen LogP contribution in [0.1, 0.15) is 25.2 Å². The maximum atomic E-state index is 9.11. The van der Waals surface area contributed by atoms with Crippen LogP contribution in [-0.4, -0.2) is 14.7 Å². The number of hydrogen-bond acceptors (Lipinski definition) is 2. The van der Waals surface area contributed by atoms with E-state index >= 15 is 0 Å². The smallest absolute Gasteiger partial charge is 0.109 e. The van der Waals surface area contributed by atoms with Crippen molar-refractivity contribution in [2.45, 2.75) is 26.9 Å². The molecule has 0 fully saturated rings. The number of nitrogens with zero attached hydrogens (tertiary/aromatic N) is 2. The molecule has 0 bridgehead atoms. The molecule has 1 aromatic carbocycles. The fraction of sp³-hybridized carbons (Fsp3) is 0.462. The van der Waals surface area contributed by atoms with E-state index in [-0.39, 0.29) is 6.61 Å². The molecule has 3 nitrogen and oxygen atoms in total. The second-order valence-electron chi connectivity index (χ2n) is 4.67. The zero-order valence-corrected chi connectivity index (χ0v) is 10.1. The molecule has 0 radical (unpaired) electrons. The summed E-state index contributed by atoms with van der Waals surface area (Å²) in [7, 11) is 2.04. The van der Waals surface area contributed by atoms with Crippen LogP contribution in [0.2, 0.25) is 0 Å². The lowest BCUT2D eigenvalue weighted by Crippen LogP contribution is -2.02. The van der Waals surface area contributed by atoms with Gasteiger partial charge in [-0.2, -0.15) is 0 Å². The molecular formula is C13H18N2O. The minimum absolute atomic E-state index is 0.0840. The highest BCUT2D eigenvalue weighted by molar-refractivity contribution is 5.76. The van der Waals surface area contributed by atoms with Crippen LogP contribution in [0.5, 0.6) is 0 Å². The largest absolute Gasteiger partial charge is 0.392 e. The van der Waals surface area contributed by atoms with Crippen LogP contribution < -0.4 is 0 Å². The molecule has 0 spiro atoms. The lowest BCUT2D eigenvalue weighted by Gasteiger charge is -2.04. The summed E-state index contributed by atoms with van der Waals surface area (Å²) in [4.78, 5) is 4.61. The minimum Gasteiger partial charge on any atom is -0.392 e. The van der Waals surface area contributed by atoms with Crippen LogP contribution in [0.4, 0.5) is 0 Å². The maximum absolute atomic E-state index is 9.11. The number of aliphatic hydroxyl groups excluding tert-OH is 1. The topological polar surface area (TPSA) is 38.1 Å². The normalized spacial score (nSPS) is 11.6. The van der Waals surface area contributed by atoms with Gasteiger partial charge in [-0.25, -0.2) is 4.98 Å². The van der Waals surface area contributed by atoms with Gasteiger partial charge in [-0.15, -0.1) is 0 Å². The van der Waals surface area contributed by atoms with Gasteiger partial charge < -0.3 is 9.67 Å². The first-order valence-corrected chi connectivity index (χ1v) is 5.67. The fourth-order valence-corrected chi connectivity index (χ4v) is 1.93. The Kier molecular flexibility index (Phi) is 2.97. The van der Waals surface area contributed by atoms with E-state index in [1.54, 1.807) is 0 Å². The van der Waals surface area contributed by atoms with E-state index in [4.69, 9.17) is 5.11 Å². The first-order chi connectivity index (χ1) is 7.61. The Bertz CT molecular complexity index is 500. The van der Waals surface area contributed by atoms with Gasteiger partial charge >= 0.3 is 0 Å². The van der Waals surface area contributed by atoms with E-state index < -0.39 is 0 Å². The molecule has 16 heavy (non-hydrogen) atoms. The van der Waals surface area contributed by atoms with Gasteiger partial charge in [0.15, 0.2) is 0 Å². The Labute approximate surface area is 95.7 Å². The molecule has 0 aliphatic heterocycles. The van der Waals surface area contributed by atoms with E-state index in [9.17, 15) is 0 Å². The Morgan fingerprint density at radius 1 is 1.38 bits per heavy atom. The van der Waals surface area contributed by atoms with Gasteiger partial charge in [-0.3, -0.25) is 0 Å². The molecule has 0 unspecified atom stereocenters. The molecule has 3 heteroatoms. The van der Waals surface area contributed by atoms with E-state index in [0.29, 0.717) is 5.92 Å². The summed E-state index contributed by atoms with van der Waals surface area (Å²) in [5.74, 6) is 1.72. The average molecular weight is 218 g/mol. The van der Waals surface area contributed by atoms with Crippen LogP contribution in [0.3, 0.4) is 0 Å². The van der Waals surface area contributed by atoms with Crippen molar-refractivity contribution in [1.82, 2.24) is 9.55 Å². The molecule has 0 atom stereocenters. The summed E-state index contributed by atoms with van der Waals surface area (Å²) in [6.45, 7) is 4.47. The third-order valence-electron chi connectivity index (χ3n) is 2.81. The van der Waals surface area contributed by atoms with Gasteiger partial charge in [-0.1, -0.05) is 19.9 Å². The second-order valence-corrected chi connectivity index (χ2v) is 4.67. The number of imidazole rings is 1. The summed E-state index contributed by atoms with van der Waals surface area (Å²) in [6, 6.07) is 5.91. The lowest BCUT2D eigenvalue weighted by atomic mass is 10.1. The van der Waals surface area contributed by atoms with Crippen molar-refractivity contribution in [3.8, 4) is 0 Å². The predicted octanol–water partition coefficient (Wildman–Crippen LogP) is 2.26. The van der Waals surface area contributed by atoms with Crippen molar-refractivity contribution >= 4 is 11.0 Å². The molecule has 2 aromatic rings. The summed E-state index contributed by atoms with van der Waals surface area (Å²) in [5.41, 5.74) is 3.05. The highest BCUT2D eigenvalue weighted by Crippen LogP contribution is 2.18. The van der Waals surface area contributed by atoms with Crippen molar-refractivity contribution < 1.29 is 5.11 Å². The van der Waals surface area contributed by atoms with Gasteiger partial charge in [0, 0.05) is 13.5 Å². The van der Waals surface area contributed by atoms with Crippen molar-refractivity contribution in [2.24, 2.45) is 13.0 Å². The third-order valence-corrected chi connectivity index (χ3v) is 2.81. The second kappa shape index (κ2) is 4.26. The molecule has 0 saturated heterocycles. The molecule has 0 aliphatic carbocycles. The van der Waals surface area contributed by atoms with E-state index in [2.05, 4.69) is 23.4 Å². The summed E-state index contributed by atoms with van der Waals surface area (Å²) in [5, 5.41) is 9.11. The molecule has 86 valence electrons. The van der Waals surface area contributed by atoms with E-state index in [0.717, 1.165) is 28.8 Å². The van der Waals surface area contributed by atoms with Crippen molar-refractivity contribution in [3.05, 3.63) is 29.6 Å². The summed E-state index contributed by atoms with van der Waals surface area (Å²) >= 11 is 0. The fourth-order valence-electron chi connectivity index (χ4n) is 1.93. The lowest BCUT2D eigenvalue weighted by molar-refractivity contribution is 0.282.